The Hall–Kier alpha value is -2.69. The van der Waals surface area contributed by atoms with Crippen molar-refractivity contribution in [3.05, 3.63) is 0 Å². The molecule has 0 bridgehead atoms. The zero-order chi connectivity index (χ0) is 24.6. The first-order chi connectivity index (χ1) is 16.2. The summed E-state index contributed by atoms with van der Waals surface area (Å²) in [5, 5.41) is 12.9. The van der Waals surface area contributed by atoms with E-state index in [2.05, 4.69) is 5.32 Å². The molecule has 188 valence electrons. The Kier molecular flexibility index (Phi) is 7.11. The van der Waals surface area contributed by atoms with Crippen LogP contribution in [-0.4, -0.2) is 106 Å². The molecule has 0 aromatic heterocycles. The number of carbonyl (C=O) groups is 5. The first-order valence-corrected chi connectivity index (χ1v) is 12.2. The molecule has 6 unspecified atom stereocenters. The fourth-order valence-corrected chi connectivity index (χ4v) is 5.59. The van der Waals surface area contributed by atoms with Gasteiger partial charge in [0, 0.05) is 26.1 Å². The Labute approximate surface area is 198 Å². The summed E-state index contributed by atoms with van der Waals surface area (Å²) in [4.78, 5) is 69.7. The Morgan fingerprint density at radius 1 is 0.882 bits per heavy atom. The van der Waals surface area contributed by atoms with E-state index < -0.39 is 48.1 Å². The van der Waals surface area contributed by atoms with Crippen LogP contribution in [0, 0.1) is 5.92 Å². The second kappa shape index (κ2) is 9.89. The highest BCUT2D eigenvalue weighted by Crippen LogP contribution is 2.27. The molecule has 4 aliphatic rings. The zero-order valence-corrected chi connectivity index (χ0v) is 19.8. The number of hydrogen-bond donors (Lipinski definition) is 2. The Balaban J connectivity index is 1.63. The number of fused-ring (bicyclic) bond motifs is 3. The van der Waals surface area contributed by atoms with E-state index >= 15 is 0 Å². The normalized spacial score (nSPS) is 36.1. The van der Waals surface area contributed by atoms with Crippen LogP contribution in [0.25, 0.3) is 0 Å². The number of hydrogen-bond acceptors (Lipinski definition) is 7. The van der Waals surface area contributed by atoms with Gasteiger partial charge in [-0.3, -0.25) is 19.2 Å². The number of cyclic esters (lactones) is 1. The van der Waals surface area contributed by atoms with Crippen LogP contribution in [0.2, 0.25) is 0 Å². The second-order valence-electron chi connectivity index (χ2n) is 9.99. The molecule has 0 saturated carbocycles. The largest absolute Gasteiger partial charge is 0.464 e. The number of amides is 4. The van der Waals surface area contributed by atoms with Gasteiger partial charge in [0.2, 0.25) is 23.6 Å². The molecular weight excluding hydrogens is 444 g/mol. The van der Waals surface area contributed by atoms with Crippen LogP contribution in [0.15, 0.2) is 0 Å². The van der Waals surface area contributed by atoms with Crippen molar-refractivity contribution >= 4 is 29.6 Å². The monoisotopic (exact) mass is 478 g/mol. The Morgan fingerprint density at radius 3 is 2.41 bits per heavy atom. The minimum Gasteiger partial charge on any atom is -0.464 e. The number of nitrogens with zero attached hydrogens (tertiary/aromatic N) is 3. The Bertz CT molecular complexity index is 864. The van der Waals surface area contributed by atoms with Crippen LogP contribution in [0.1, 0.15) is 52.4 Å². The predicted octanol–water partition coefficient (Wildman–Crippen LogP) is -0.982. The summed E-state index contributed by atoms with van der Waals surface area (Å²) in [5.41, 5.74) is 0. The molecule has 11 heteroatoms. The standard InChI is InChI=1S/C23H34N4O7/c1-13-9-18-23(33)34-8-6-19(29)26-12-15(28)10-17(26)22(32)25-7-4-3-5-16(25)20(30)24-14(2)21(31)27(18)11-13/h13-18,28H,3-12H2,1-2H3,(H,24,30). The summed E-state index contributed by atoms with van der Waals surface area (Å²) in [7, 11) is 0. The van der Waals surface area contributed by atoms with Crippen LogP contribution < -0.4 is 5.32 Å². The van der Waals surface area contributed by atoms with Crippen LogP contribution in [0.3, 0.4) is 0 Å². The average Bonchev–Trinajstić information content (AvgIpc) is 3.40. The maximum absolute atomic E-state index is 13.5. The number of esters is 1. The van der Waals surface area contributed by atoms with Crippen molar-refractivity contribution in [3.8, 4) is 0 Å². The highest BCUT2D eigenvalue weighted by atomic mass is 16.5. The average molecular weight is 479 g/mol. The fraction of sp³-hybridized carbons (Fsp3) is 0.783. The summed E-state index contributed by atoms with van der Waals surface area (Å²) in [5.74, 6) is -2.06. The van der Waals surface area contributed by atoms with Gasteiger partial charge >= 0.3 is 5.97 Å². The number of nitrogens with one attached hydrogen (secondary N) is 1. The number of carbonyl (C=O) groups excluding carboxylic acids is 5. The molecule has 2 N–H and O–H groups in total. The SMILES string of the molecule is CC1CC2C(=O)OCCC(=O)N3CC(O)CC3C(=O)N3CCCCC3C(=O)NC(C)C(=O)N2C1. The molecule has 4 aliphatic heterocycles. The summed E-state index contributed by atoms with van der Waals surface area (Å²) in [6.07, 6.45) is 1.53. The van der Waals surface area contributed by atoms with E-state index in [0.29, 0.717) is 25.9 Å². The van der Waals surface area contributed by atoms with Gasteiger partial charge in [-0.15, -0.1) is 0 Å². The lowest BCUT2D eigenvalue weighted by Crippen LogP contribution is -2.59. The van der Waals surface area contributed by atoms with Gasteiger partial charge < -0.3 is 29.9 Å². The number of ether oxygens (including phenoxy) is 1. The van der Waals surface area contributed by atoms with Crippen LogP contribution in [0.5, 0.6) is 0 Å². The van der Waals surface area contributed by atoms with Crippen molar-refractivity contribution in [2.24, 2.45) is 5.92 Å². The predicted molar refractivity (Wildman–Crippen MR) is 118 cm³/mol. The molecule has 0 aromatic carbocycles. The Morgan fingerprint density at radius 2 is 1.65 bits per heavy atom. The van der Waals surface area contributed by atoms with Crippen LogP contribution in [0.4, 0.5) is 0 Å². The molecule has 0 aromatic rings. The molecule has 4 heterocycles. The molecule has 4 saturated heterocycles. The molecule has 0 aliphatic carbocycles. The summed E-state index contributed by atoms with van der Waals surface area (Å²) in [6, 6.07) is -3.26. The minimum absolute atomic E-state index is 0.0212. The molecular formula is C23H34N4O7. The molecule has 6 atom stereocenters. The lowest BCUT2D eigenvalue weighted by Gasteiger charge is -2.38. The lowest BCUT2D eigenvalue weighted by molar-refractivity contribution is -0.156. The number of aliphatic hydroxyl groups excluding tert-OH is 1. The molecule has 0 radical (unpaired) electrons. The molecule has 0 spiro atoms. The molecule has 11 nitrogen and oxygen atoms in total. The number of piperidine rings is 1. The van der Waals surface area contributed by atoms with Crippen LogP contribution >= 0.6 is 0 Å². The van der Waals surface area contributed by atoms with E-state index in [1.165, 1.54) is 14.7 Å². The fourth-order valence-electron chi connectivity index (χ4n) is 5.59. The molecule has 4 amide bonds. The quantitative estimate of drug-likeness (QED) is 0.427. The molecule has 4 rings (SSSR count). The van der Waals surface area contributed by atoms with Crippen molar-refractivity contribution in [3.63, 3.8) is 0 Å². The van der Waals surface area contributed by atoms with Gasteiger partial charge in [0.1, 0.15) is 30.8 Å². The lowest BCUT2D eigenvalue weighted by atomic mass is 9.99. The van der Waals surface area contributed by atoms with Crippen LogP contribution in [-0.2, 0) is 28.7 Å². The van der Waals surface area contributed by atoms with Crippen molar-refractivity contribution in [1.82, 2.24) is 20.0 Å². The highest BCUT2D eigenvalue weighted by Gasteiger charge is 2.45. The van der Waals surface area contributed by atoms with Gasteiger partial charge in [0.05, 0.1) is 12.5 Å². The third kappa shape index (κ3) is 4.75. The van der Waals surface area contributed by atoms with Gasteiger partial charge in [-0.2, -0.15) is 0 Å². The number of aliphatic hydroxyl groups is 1. The van der Waals surface area contributed by atoms with Crippen molar-refractivity contribution in [2.75, 3.05) is 26.2 Å². The maximum Gasteiger partial charge on any atom is 0.328 e. The highest BCUT2D eigenvalue weighted by molar-refractivity contribution is 5.95. The van der Waals surface area contributed by atoms with Crippen molar-refractivity contribution in [1.29, 1.82) is 0 Å². The smallest absolute Gasteiger partial charge is 0.328 e. The van der Waals surface area contributed by atoms with Crippen molar-refractivity contribution in [2.45, 2.75) is 82.6 Å². The first-order valence-electron chi connectivity index (χ1n) is 12.2. The van der Waals surface area contributed by atoms with Gasteiger partial charge in [-0.25, -0.2) is 4.79 Å². The summed E-state index contributed by atoms with van der Waals surface area (Å²) in [6.45, 7) is 4.12. The second-order valence-corrected chi connectivity index (χ2v) is 9.99. The summed E-state index contributed by atoms with van der Waals surface area (Å²) < 4.78 is 5.34. The minimum atomic E-state index is -0.871. The van der Waals surface area contributed by atoms with E-state index in [0.717, 1.165) is 12.8 Å². The third-order valence-corrected chi connectivity index (χ3v) is 7.33. The number of rotatable bonds is 0. The van der Waals surface area contributed by atoms with E-state index in [1.807, 2.05) is 6.92 Å². The van der Waals surface area contributed by atoms with E-state index in [1.54, 1.807) is 6.92 Å². The van der Waals surface area contributed by atoms with E-state index in [9.17, 15) is 29.1 Å². The molecule has 4 fully saturated rings. The van der Waals surface area contributed by atoms with E-state index in [-0.39, 0.29) is 43.7 Å². The van der Waals surface area contributed by atoms with Gasteiger partial charge in [0.25, 0.3) is 0 Å². The van der Waals surface area contributed by atoms with Gasteiger partial charge in [-0.1, -0.05) is 6.92 Å². The molecule has 34 heavy (non-hydrogen) atoms. The topological polar surface area (TPSA) is 137 Å². The maximum atomic E-state index is 13.5. The van der Waals surface area contributed by atoms with Gasteiger partial charge in [-0.05, 0) is 38.5 Å². The van der Waals surface area contributed by atoms with Gasteiger partial charge in [0.15, 0.2) is 0 Å². The van der Waals surface area contributed by atoms with Crippen molar-refractivity contribution < 1.29 is 33.8 Å². The first kappa shape index (κ1) is 24.4. The zero-order valence-electron chi connectivity index (χ0n) is 19.8. The van der Waals surface area contributed by atoms with E-state index in [4.69, 9.17) is 4.74 Å². The summed E-state index contributed by atoms with van der Waals surface area (Å²) >= 11 is 0. The third-order valence-electron chi connectivity index (χ3n) is 7.33.